The molecule has 0 saturated carbocycles. The molecule has 0 aliphatic heterocycles. The zero-order chi connectivity index (χ0) is 12.6. The molecule has 0 aliphatic rings. The normalized spacial score (nSPS) is 10.8. The van der Waals surface area contributed by atoms with E-state index in [0.717, 1.165) is 41.2 Å². The first-order chi connectivity index (χ1) is 8.08. The molecule has 0 spiro atoms. The van der Waals surface area contributed by atoms with E-state index in [1.807, 2.05) is 19.9 Å². The van der Waals surface area contributed by atoms with Gasteiger partial charge in [-0.15, -0.1) is 0 Å². The lowest BCUT2D eigenvalue weighted by Gasteiger charge is -2.09. The van der Waals surface area contributed by atoms with E-state index in [1.165, 1.54) is 5.56 Å². The van der Waals surface area contributed by atoms with Crippen LogP contribution in [-0.2, 0) is 6.42 Å². The van der Waals surface area contributed by atoms with Gasteiger partial charge in [0.2, 0.25) is 0 Å². The minimum atomic E-state index is 0.761. The maximum absolute atomic E-state index is 11.0. The van der Waals surface area contributed by atoms with Crippen LogP contribution in [0.25, 0.3) is 5.82 Å². The SMILES string of the molecule is CCc1cc(C)[nH]c1-n1c(C)cc(C=O)c1C. The quantitative estimate of drug-likeness (QED) is 0.808. The predicted octanol–water partition coefficient (Wildman–Crippen LogP) is 3.11. The number of nitrogens with zero attached hydrogens (tertiary/aromatic N) is 1. The van der Waals surface area contributed by atoms with Gasteiger partial charge in [-0.3, -0.25) is 4.79 Å². The molecule has 0 bridgehead atoms. The Morgan fingerprint density at radius 1 is 1.29 bits per heavy atom. The minimum Gasteiger partial charge on any atom is -0.345 e. The first-order valence-corrected chi connectivity index (χ1v) is 5.91. The van der Waals surface area contributed by atoms with E-state index in [1.54, 1.807) is 0 Å². The summed E-state index contributed by atoms with van der Waals surface area (Å²) in [6.45, 7) is 8.19. The summed E-state index contributed by atoms with van der Waals surface area (Å²) in [5.41, 5.74) is 5.27. The van der Waals surface area contributed by atoms with Gasteiger partial charge in [-0.2, -0.15) is 0 Å². The summed E-state index contributed by atoms with van der Waals surface area (Å²) in [5.74, 6) is 1.09. The van der Waals surface area contributed by atoms with Crippen LogP contribution in [0.15, 0.2) is 12.1 Å². The Kier molecular flexibility index (Phi) is 2.92. The minimum absolute atomic E-state index is 0.761. The van der Waals surface area contributed by atoms with E-state index < -0.39 is 0 Å². The molecule has 2 aromatic heterocycles. The third-order valence-electron chi connectivity index (χ3n) is 3.21. The number of carbonyl (C=O) groups excluding carboxylic acids is 1. The van der Waals surface area contributed by atoms with Crippen LogP contribution in [-0.4, -0.2) is 15.8 Å². The van der Waals surface area contributed by atoms with Crippen molar-refractivity contribution < 1.29 is 4.79 Å². The molecule has 1 N–H and O–H groups in total. The summed E-state index contributed by atoms with van der Waals surface area (Å²) >= 11 is 0. The second kappa shape index (κ2) is 4.24. The number of H-pyrrole nitrogens is 1. The first-order valence-electron chi connectivity index (χ1n) is 5.91. The number of carbonyl (C=O) groups is 1. The zero-order valence-electron chi connectivity index (χ0n) is 10.8. The third-order valence-corrected chi connectivity index (χ3v) is 3.21. The molecule has 17 heavy (non-hydrogen) atoms. The van der Waals surface area contributed by atoms with Gasteiger partial charge in [0.05, 0.1) is 0 Å². The summed E-state index contributed by atoms with van der Waals surface area (Å²) < 4.78 is 2.12. The Hall–Kier alpha value is -1.77. The molecule has 0 radical (unpaired) electrons. The molecule has 0 saturated heterocycles. The van der Waals surface area contributed by atoms with Gasteiger partial charge in [-0.05, 0) is 44.9 Å². The van der Waals surface area contributed by atoms with Crippen molar-refractivity contribution in [1.29, 1.82) is 0 Å². The fourth-order valence-electron chi connectivity index (χ4n) is 2.35. The predicted molar refractivity (Wildman–Crippen MR) is 69.1 cm³/mol. The molecule has 0 fully saturated rings. The molecular formula is C14H18N2O. The lowest BCUT2D eigenvalue weighted by atomic mass is 10.2. The maximum atomic E-state index is 11.0. The summed E-state index contributed by atoms with van der Waals surface area (Å²) in [6, 6.07) is 4.09. The van der Waals surface area contributed by atoms with Crippen LogP contribution in [0, 0.1) is 20.8 Å². The van der Waals surface area contributed by atoms with Crippen molar-refractivity contribution in [3.05, 3.63) is 40.3 Å². The summed E-state index contributed by atoms with van der Waals surface area (Å²) in [7, 11) is 0. The summed E-state index contributed by atoms with van der Waals surface area (Å²) in [4.78, 5) is 14.3. The average Bonchev–Trinajstić information content (AvgIpc) is 2.79. The highest BCUT2D eigenvalue weighted by atomic mass is 16.1. The average molecular weight is 230 g/mol. The van der Waals surface area contributed by atoms with Crippen molar-refractivity contribution in [3.63, 3.8) is 0 Å². The molecule has 3 heteroatoms. The highest BCUT2D eigenvalue weighted by Crippen LogP contribution is 2.23. The van der Waals surface area contributed by atoms with Gasteiger partial charge in [0.1, 0.15) is 5.82 Å². The third kappa shape index (κ3) is 1.82. The van der Waals surface area contributed by atoms with Gasteiger partial charge in [0.15, 0.2) is 6.29 Å². The van der Waals surface area contributed by atoms with E-state index in [2.05, 4.69) is 29.5 Å². The zero-order valence-corrected chi connectivity index (χ0v) is 10.8. The van der Waals surface area contributed by atoms with Crippen LogP contribution < -0.4 is 0 Å². The topological polar surface area (TPSA) is 37.8 Å². The van der Waals surface area contributed by atoms with Crippen LogP contribution in [0.5, 0.6) is 0 Å². The van der Waals surface area contributed by atoms with Crippen LogP contribution >= 0.6 is 0 Å². The number of hydrogen-bond donors (Lipinski definition) is 1. The Bertz CT molecular complexity index is 561. The fourth-order valence-corrected chi connectivity index (χ4v) is 2.35. The number of aldehydes is 1. The van der Waals surface area contributed by atoms with Crippen molar-refractivity contribution in [2.24, 2.45) is 0 Å². The van der Waals surface area contributed by atoms with Crippen LogP contribution in [0.1, 0.15) is 39.9 Å². The Morgan fingerprint density at radius 2 is 2.00 bits per heavy atom. The first kappa shape index (κ1) is 11.7. The second-order valence-electron chi connectivity index (χ2n) is 4.46. The molecule has 2 aromatic rings. The van der Waals surface area contributed by atoms with Gasteiger partial charge in [0.25, 0.3) is 0 Å². The van der Waals surface area contributed by atoms with E-state index in [0.29, 0.717) is 0 Å². The highest BCUT2D eigenvalue weighted by Gasteiger charge is 2.14. The monoisotopic (exact) mass is 230 g/mol. The van der Waals surface area contributed by atoms with E-state index in [-0.39, 0.29) is 0 Å². The highest BCUT2D eigenvalue weighted by molar-refractivity contribution is 5.77. The number of aryl methyl sites for hydroxylation is 3. The van der Waals surface area contributed by atoms with Gasteiger partial charge in [-0.1, -0.05) is 6.92 Å². The number of hydrogen-bond acceptors (Lipinski definition) is 1. The summed E-state index contributed by atoms with van der Waals surface area (Å²) in [6.07, 6.45) is 1.90. The molecule has 0 unspecified atom stereocenters. The number of aromatic nitrogens is 2. The number of nitrogens with one attached hydrogen (secondary N) is 1. The second-order valence-corrected chi connectivity index (χ2v) is 4.46. The van der Waals surface area contributed by atoms with Gasteiger partial charge in [0, 0.05) is 22.6 Å². The van der Waals surface area contributed by atoms with Crippen molar-refractivity contribution in [2.75, 3.05) is 0 Å². The summed E-state index contributed by atoms with van der Waals surface area (Å²) in [5, 5.41) is 0. The lowest BCUT2D eigenvalue weighted by Crippen LogP contribution is -2.02. The van der Waals surface area contributed by atoms with Gasteiger partial charge in [-0.25, -0.2) is 0 Å². The maximum Gasteiger partial charge on any atom is 0.151 e. The van der Waals surface area contributed by atoms with Crippen molar-refractivity contribution >= 4 is 6.29 Å². The molecule has 0 atom stereocenters. The smallest absolute Gasteiger partial charge is 0.151 e. The lowest BCUT2D eigenvalue weighted by molar-refractivity contribution is 0.112. The van der Waals surface area contributed by atoms with Crippen molar-refractivity contribution in [2.45, 2.75) is 34.1 Å². The largest absolute Gasteiger partial charge is 0.345 e. The van der Waals surface area contributed by atoms with Crippen LogP contribution in [0.2, 0.25) is 0 Å². The van der Waals surface area contributed by atoms with E-state index >= 15 is 0 Å². The molecular weight excluding hydrogens is 212 g/mol. The molecule has 2 rings (SSSR count). The van der Waals surface area contributed by atoms with Gasteiger partial charge >= 0.3 is 0 Å². The van der Waals surface area contributed by atoms with Crippen LogP contribution in [0.3, 0.4) is 0 Å². The molecule has 90 valence electrons. The molecule has 0 aliphatic carbocycles. The van der Waals surface area contributed by atoms with Crippen molar-refractivity contribution in [3.8, 4) is 5.82 Å². The van der Waals surface area contributed by atoms with Gasteiger partial charge < -0.3 is 9.55 Å². The molecule has 2 heterocycles. The fraction of sp³-hybridized carbons (Fsp3) is 0.357. The Balaban J connectivity index is 2.67. The van der Waals surface area contributed by atoms with E-state index in [4.69, 9.17) is 0 Å². The molecule has 3 nitrogen and oxygen atoms in total. The van der Waals surface area contributed by atoms with E-state index in [9.17, 15) is 4.79 Å². The Morgan fingerprint density at radius 3 is 2.53 bits per heavy atom. The van der Waals surface area contributed by atoms with Crippen LogP contribution in [0.4, 0.5) is 0 Å². The number of rotatable bonds is 3. The molecule has 0 aromatic carbocycles. The Labute approximate surface area is 101 Å². The van der Waals surface area contributed by atoms with Crippen molar-refractivity contribution in [1.82, 2.24) is 9.55 Å². The molecule has 0 amide bonds. The standard InChI is InChI=1S/C14H18N2O/c1-5-12-6-9(2)15-14(12)16-10(3)7-13(8-17)11(16)4/h6-8,15H,5H2,1-4H3. The number of aromatic amines is 1.